The molecule has 0 aliphatic carbocycles. The Balaban J connectivity index is 1.63. The molecule has 4 amide bonds. The van der Waals surface area contributed by atoms with E-state index in [9.17, 15) is 37.5 Å². The molecular formula is C26H28F3N5O5. The zero-order chi connectivity index (χ0) is 28.3. The fourth-order valence-electron chi connectivity index (χ4n) is 4.91. The molecular weight excluding hydrogens is 519 g/mol. The van der Waals surface area contributed by atoms with Crippen molar-refractivity contribution in [3.63, 3.8) is 0 Å². The van der Waals surface area contributed by atoms with E-state index < -0.39 is 54.2 Å². The van der Waals surface area contributed by atoms with Gasteiger partial charge in [0, 0.05) is 26.6 Å². The first-order chi connectivity index (χ1) is 18.5. The predicted molar refractivity (Wildman–Crippen MR) is 131 cm³/mol. The predicted octanol–water partition coefficient (Wildman–Crippen LogP) is 2.51. The zero-order valence-corrected chi connectivity index (χ0v) is 21.1. The van der Waals surface area contributed by atoms with E-state index in [1.54, 1.807) is 0 Å². The molecule has 2 aliphatic heterocycles. The highest BCUT2D eigenvalue weighted by Crippen LogP contribution is 2.32. The number of carboxylic acid groups (broad SMARTS) is 1. The number of piperazine rings is 1. The van der Waals surface area contributed by atoms with Crippen LogP contribution in [-0.2, 0) is 33.6 Å². The van der Waals surface area contributed by atoms with Gasteiger partial charge in [0.1, 0.15) is 12.2 Å². The van der Waals surface area contributed by atoms with Gasteiger partial charge in [0.25, 0.3) is 0 Å². The summed E-state index contributed by atoms with van der Waals surface area (Å²) in [5.41, 5.74) is 0.171. The van der Waals surface area contributed by atoms with E-state index in [4.69, 9.17) is 0 Å². The number of halogens is 3. The number of likely N-dealkylation sites (N-methyl/N-ethyl adjacent to an activating group) is 1. The van der Waals surface area contributed by atoms with Crippen molar-refractivity contribution in [3.05, 3.63) is 71.3 Å². The van der Waals surface area contributed by atoms with Crippen molar-refractivity contribution in [2.75, 3.05) is 20.1 Å². The van der Waals surface area contributed by atoms with Crippen molar-refractivity contribution in [1.29, 1.82) is 0 Å². The van der Waals surface area contributed by atoms with E-state index in [1.807, 2.05) is 30.3 Å². The number of urea groups is 1. The van der Waals surface area contributed by atoms with Crippen LogP contribution in [0.5, 0.6) is 0 Å². The minimum atomic E-state index is -4.57. The second-order valence-corrected chi connectivity index (χ2v) is 9.45. The number of nitrogens with one attached hydrogen (secondary N) is 1. The summed E-state index contributed by atoms with van der Waals surface area (Å²) in [6, 6.07) is 11.9. The summed E-state index contributed by atoms with van der Waals surface area (Å²) in [5, 5.41) is 14.7. The number of carbonyl (C=O) groups excluding carboxylic acids is 3. The minimum absolute atomic E-state index is 0.173. The van der Waals surface area contributed by atoms with Crippen LogP contribution in [0.2, 0.25) is 0 Å². The lowest BCUT2D eigenvalue weighted by atomic mass is 10.0. The summed E-state index contributed by atoms with van der Waals surface area (Å²) in [6.07, 6.45) is -6.19. The quantitative estimate of drug-likeness (QED) is 0.551. The Bertz CT molecular complexity index is 1240. The highest BCUT2D eigenvalue weighted by molar-refractivity contribution is 5.91. The van der Waals surface area contributed by atoms with Crippen molar-refractivity contribution in [2.45, 2.75) is 44.3 Å². The molecule has 0 aromatic heterocycles. The van der Waals surface area contributed by atoms with Crippen molar-refractivity contribution in [2.24, 2.45) is 0 Å². The maximum absolute atomic E-state index is 13.5. The summed E-state index contributed by atoms with van der Waals surface area (Å²) >= 11 is 0. The average Bonchev–Trinajstić information content (AvgIpc) is 2.88. The smallest absolute Gasteiger partial charge is 0.416 e. The normalized spacial score (nSPS) is 20.2. The van der Waals surface area contributed by atoms with Crippen LogP contribution in [0.15, 0.2) is 54.6 Å². The molecule has 0 spiro atoms. The lowest BCUT2D eigenvalue weighted by molar-refractivity contribution is -0.188. The summed E-state index contributed by atoms with van der Waals surface area (Å²) in [7, 11) is 1.54. The average molecular weight is 548 g/mol. The van der Waals surface area contributed by atoms with E-state index in [-0.39, 0.29) is 38.2 Å². The summed E-state index contributed by atoms with van der Waals surface area (Å²) in [5.74, 6) is -2.22. The number of hydrogen-bond acceptors (Lipinski definition) is 5. The molecule has 2 heterocycles. The number of benzene rings is 2. The molecule has 13 heteroatoms. The SMILES string of the molecule is CN1CC(=O)N2[C@@H](CCC(=O)O)C(=O)N(Cc3cccc(C(F)(F)F)c3)C[C@@H]2N1C(=O)NCc1ccccc1. The number of nitrogens with zero attached hydrogens (tertiary/aromatic N) is 4. The largest absolute Gasteiger partial charge is 0.481 e. The molecule has 0 radical (unpaired) electrons. The molecule has 2 N–H and O–H groups in total. The minimum Gasteiger partial charge on any atom is -0.481 e. The number of aliphatic carboxylic acids is 1. The van der Waals surface area contributed by atoms with Crippen LogP contribution in [0.1, 0.15) is 29.5 Å². The second kappa shape index (κ2) is 11.3. The van der Waals surface area contributed by atoms with Crippen LogP contribution in [-0.4, -0.2) is 81.1 Å². The molecule has 0 saturated carbocycles. The van der Waals surface area contributed by atoms with Crippen molar-refractivity contribution in [3.8, 4) is 0 Å². The Morgan fingerprint density at radius 1 is 1.05 bits per heavy atom. The van der Waals surface area contributed by atoms with Gasteiger partial charge >= 0.3 is 18.2 Å². The molecule has 10 nitrogen and oxygen atoms in total. The maximum atomic E-state index is 13.5. The standard InChI is InChI=1S/C26H28F3N5O5/c1-31-16-22(35)33-20(10-11-23(36)37)24(38)32(14-18-8-5-9-19(12-18)26(27,28)29)15-21(33)34(31)25(39)30-13-17-6-3-2-4-7-17/h2-9,12,20-21H,10-11,13-16H2,1H3,(H,30,39)(H,36,37)/t20-,21-/m0/s1. The van der Waals surface area contributed by atoms with Gasteiger partial charge in [-0.05, 0) is 29.7 Å². The molecule has 4 rings (SSSR count). The number of amides is 4. The Morgan fingerprint density at radius 3 is 2.41 bits per heavy atom. The Labute approximate surface area is 222 Å². The highest BCUT2D eigenvalue weighted by Gasteiger charge is 2.50. The highest BCUT2D eigenvalue weighted by atomic mass is 19.4. The van der Waals surface area contributed by atoms with Crippen LogP contribution in [0.4, 0.5) is 18.0 Å². The maximum Gasteiger partial charge on any atom is 0.416 e. The fourth-order valence-corrected chi connectivity index (χ4v) is 4.91. The van der Waals surface area contributed by atoms with Crippen molar-refractivity contribution < 1.29 is 37.5 Å². The first-order valence-corrected chi connectivity index (χ1v) is 12.3. The van der Waals surface area contributed by atoms with E-state index in [0.29, 0.717) is 0 Å². The third-order valence-corrected chi connectivity index (χ3v) is 6.69. The van der Waals surface area contributed by atoms with Crippen LogP contribution >= 0.6 is 0 Å². The van der Waals surface area contributed by atoms with Crippen LogP contribution in [0.25, 0.3) is 0 Å². The summed E-state index contributed by atoms with van der Waals surface area (Å²) in [6.45, 7) is -0.415. The van der Waals surface area contributed by atoms with Gasteiger partial charge < -0.3 is 20.2 Å². The van der Waals surface area contributed by atoms with Crippen molar-refractivity contribution >= 4 is 23.8 Å². The van der Waals surface area contributed by atoms with E-state index in [1.165, 1.54) is 39.0 Å². The van der Waals surface area contributed by atoms with Crippen LogP contribution in [0, 0.1) is 0 Å². The van der Waals surface area contributed by atoms with Gasteiger partial charge in [0.05, 0.1) is 18.7 Å². The third-order valence-electron chi connectivity index (χ3n) is 6.69. The molecule has 2 saturated heterocycles. The zero-order valence-electron chi connectivity index (χ0n) is 21.1. The monoisotopic (exact) mass is 547 g/mol. The van der Waals surface area contributed by atoms with E-state index >= 15 is 0 Å². The fraction of sp³-hybridized carbons (Fsp3) is 0.385. The van der Waals surface area contributed by atoms with Crippen LogP contribution < -0.4 is 5.32 Å². The number of rotatable bonds is 7. The number of fused-ring (bicyclic) bond motifs is 1. The molecule has 0 unspecified atom stereocenters. The lowest BCUT2D eigenvalue weighted by Crippen LogP contribution is -2.75. The Morgan fingerprint density at radius 2 is 1.74 bits per heavy atom. The number of alkyl halides is 3. The van der Waals surface area contributed by atoms with Gasteiger partial charge in [-0.15, -0.1) is 0 Å². The number of carboxylic acids is 1. The molecule has 2 aromatic carbocycles. The summed E-state index contributed by atoms with van der Waals surface area (Å²) in [4.78, 5) is 53.7. The topological polar surface area (TPSA) is 114 Å². The lowest BCUT2D eigenvalue weighted by Gasteiger charge is -2.54. The molecule has 2 aliphatic rings. The molecule has 2 atom stereocenters. The second-order valence-electron chi connectivity index (χ2n) is 9.45. The van der Waals surface area contributed by atoms with E-state index in [2.05, 4.69) is 5.32 Å². The van der Waals surface area contributed by atoms with E-state index in [0.717, 1.165) is 17.7 Å². The Kier molecular flexibility index (Phi) is 8.09. The van der Waals surface area contributed by atoms with Crippen LogP contribution in [0.3, 0.4) is 0 Å². The summed E-state index contributed by atoms with van der Waals surface area (Å²) < 4.78 is 39.8. The van der Waals surface area contributed by atoms with Crippen molar-refractivity contribution in [1.82, 2.24) is 25.1 Å². The molecule has 208 valence electrons. The van der Waals surface area contributed by atoms with Gasteiger partial charge in [-0.2, -0.15) is 13.2 Å². The molecule has 39 heavy (non-hydrogen) atoms. The van der Waals surface area contributed by atoms with Gasteiger partial charge in [-0.3, -0.25) is 14.4 Å². The number of hydrogen-bond donors (Lipinski definition) is 2. The number of carbonyl (C=O) groups is 4. The molecule has 2 fully saturated rings. The first kappa shape index (κ1) is 27.9. The van der Waals surface area contributed by atoms with Gasteiger partial charge in [-0.1, -0.05) is 42.5 Å². The van der Waals surface area contributed by atoms with Gasteiger partial charge in [0.15, 0.2) is 0 Å². The number of hydrazine groups is 1. The van der Waals surface area contributed by atoms with Gasteiger partial charge in [0.2, 0.25) is 11.8 Å². The molecule has 0 bridgehead atoms. The first-order valence-electron chi connectivity index (χ1n) is 12.3. The molecule has 2 aromatic rings. The Hall–Kier alpha value is -4.13. The van der Waals surface area contributed by atoms with Gasteiger partial charge in [-0.25, -0.2) is 14.8 Å². The third kappa shape index (κ3) is 6.30.